The number of benzene rings is 3. The van der Waals surface area contributed by atoms with E-state index in [-0.39, 0.29) is 12.1 Å². The van der Waals surface area contributed by atoms with Crippen LogP contribution in [0.25, 0.3) is 10.9 Å². The SMILES string of the molecule is COc1cc2c(cc1OC)C(Cc1ccccc1)N(CCNC(=O)Nc1cc(C)nc3ccccc13)CC2. The van der Waals surface area contributed by atoms with Crippen molar-refractivity contribution in [2.24, 2.45) is 0 Å². The van der Waals surface area contributed by atoms with Gasteiger partial charge in [0.05, 0.1) is 25.4 Å². The fourth-order valence-electron chi connectivity index (χ4n) is 5.31. The number of fused-ring (bicyclic) bond motifs is 2. The summed E-state index contributed by atoms with van der Waals surface area (Å²) in [6.45, 7) is 4.09. The van der Waals surface area contributed by atoms with Crippen LogP contribution in [0.4, 0.5) is 10.5 Å². The average Bonchev–Trinajstić information content (AvgIpc) is 2.93. The normalized spacial score (nSPS) is 15.1. The largest absolute Gasteiger partial charge is 0.493 e. The van der Waals surface area contributed by atoms with Crippen molar-refractivity contribution in [3.63, 3.8) is 0 Å². The number of methoxy groups -OCH3 is 2. The lowest BCUT2D eigenvalue weighted by Crippen LogP contribution is -2.42. The van der Waals surface area contributed by atoms with E-state index in [2.05, 4.69) is 56.9 Å². The van der Waals surface area contributed by atoms with Crippen LogP contribution in [0.1, 0.15) is 28.4 Å². The van der Waals surface area contributed by atoms with Gasteiger partial charge in [0.25, 0.3) is 0 Å². The molecule has 1 aliphatic rings. The van der Waals surface area contributed by atoms with Gasteiger partial charge < -0.3 is 20.1 Å². The van der Waals surface area contributed by atoms with Crippen LogP contribution < -0.4 is 20.1 Å². The molecule has 1 aromatic heterocycles. The molecular weight excluding hydrogens is 476 g/mol. The predicted octanol–water partition coefficient (Wildman–Crippen LogP) is 5.52. The number of aromatic nitrogens is 1. The fraction of sp³-hybridized carbons (Fsp3) is 0.290. The molecule has 1 aliphatic heterocycles. The number of carbonyl (C=O) groups is 1. The summed E-state index contributed by atoms with van der Waals surface area (Å²) >= 11 is 0. The second-order valence-electron chi connectivity index (χ2n) is 9.61. The highest BCUT2D eigenvalue weighted by molar-refractivity contribution is 6.00. The Morgan fingerprint density at radius 2 is 1.74 bits per heavy atom. The van der Waals surface area contributed by atoms with Crippen molar-refractivity contribution < 1.29 is 14.3 Å². The van der Waals surface area contributed by atoms with Crippen LogP contribution in [0.2, 0.25) is 0 Å². The Bertz CT molecular complexity index is 1420. The Morgan fingerprint density at radius 1 is 1.00 bits per heavy atom. The topological polar surface area (TPSA) is 75.7 Å². The Kier molecular flexibility index (Phi) is 7.75. The minimum absolute atomic E-state index is 0.164. The molecule has 0 spiro atoms. The Labute approximate surface area is 223 Å². The minimum atomic E-state index is -0.218. The van der Waals surface area contributed by atoms with Gasteiger partial charge in [0.2, 0.25) is 0 Å². The average molecular weight is 511 g/mol. The summed E-state index contributed by atoms with van der Waals surface area (Å²) in [5, 5.41) is 7.00. The zero-order valence-electron chi connectivity index (χ0n) is 22.2. The number of carbonyl (C=O) groups excluding carboxylic acids is 1. The molecule has 1 atom stereocenters. The smallest absolute Gasteiger partial charge is 0.319 e. The zero-order valence-corrected chi connectivity index (χ0v) is 22.2. The molecule has 0 radical (unpaired) electrons. The molecule has 2 heterocycles. The van der Waals surface area contributed by atoms with E-state index in [1.165, 1.54) is 16.7 Å². The number of nitrogens with one attached hydrogen (secondary N) is 2. The highest BCUT2D eigenvalue weighted by atomic mass is 16.5. The molecule has 2 N–H and O–H groups in total. The molecule has 38 heavy (non-hydrogen) atoms. The van der Waals surface area contributed by atoms with Gasteiger partial charge in [-0.25, -0.2) is 4.79 Å². The van der Waals surface area contributed by atoms with E-state index in [1.807, 2.05) is 43.3 Å². The monoisotopic (exact) mass is 510 g/mol. The van der Waals surface area contributed by atoms with Crippen molar-refractivity contribution in [1.82, 2.24) is 15.2 Å². The quantitative estimate of drug-likeness (QED) is 0.326. The lowest BCUT2D eigenvalue weighted by atomic mass is 9.88. The van der Waals surface area contributed by atoms with Crippen LogP contribution >= 0.6 is 0 Å². The van der Waals surface area contributed by atoms with Crippen molar-refractivity contribution >= 4 is 22.6 Å². The second-order valence-corrected chi connectivity index (χ2v) is 9.61. The van der Waals surface area contributed by atoms with Gasteiger partial charge in [0.1, 0.15) is 0 Å². The number of amides is 2. The molecule has 3 aromatic carbocycles. The molecule has 5 rings (SSSR count). The molecule has 0 saturated carbocycles. The third-order valence-electron chi connectivity index (χ3n) is 7.16. The Balaban J connectivity index is 1.30. The number of urea groups is 1. The third kappa shape index (κ3) is 5.58. The first-order valence-corrected chi connectivity index (χ1v) is 13.0. The number of pyridine rings is 1. The van der Waals surface area contributed by atoms with Crippen molar-refractivity contribution in [2.75, 3.05) is 39.2 Å². The van der Waals surface area contributed by atoms with Crippen LogP contribution in [0, 0.1) is 6.92 Å². The fourth-order valence-corrected chi connectivity index (χ4v) is 5.31. The number of para-hydroxylation sites is 1. The van der Waals surface area contributed by atoms with Crippen LogP contribution in [0.5, 0.6) is 11.5 Å². The van der Waals surface area contributed by atoms with Crippen molar-refractivity contribution in [3.05, 3.63) is 95.2 Å². The van der Waals surface area contributed by atoms with E-state index >= 15 is 0 Å². The summed E-state index contributed by atoms with van der Waals surface area (Å²) in [7, 11) is 3.35. The molecule has 0 fully saturated rings. The van der Waals surface area contributed by atoms with Crippen LogP contribution in [0.15, 0.2) is 72.8 Å². The maximum Gasteiger partial charge on any atom is 0.319 e. The zero-order chi connectivity index (χ0) is 26.5. The lowest BCUT2D eigenvalue weighted by Gasteiger charge is -2.38. The van der Waals surface area contributed by atoms with E-state index in [0.717, 1.165) is 59.7 Å². The van der Waals surface area contributed by atoms with Gasteiger partial charge in [-0.05, 0) is 60.7 Å². The van der Waals surface area contributed by atoms with Crippen LogP contribution in [-0.2, 0) is 12.8 Å². The van der Waals surface area contributed by atoms with Crippen LogP contribution in [0.3, 0.4) is 0 Å². The first-order valence-electron chi connectivity index (χ1n) is 13.0. The number of rotatable bonds is 8. The standard InChI is InChI=1S/C31H34N4O3/c1-21-17-27(24-11-7-8-12-26(24)33-21)34-31(36)32-14-16-35-15-13-23-19-29(37-2)30(38-3)20-25(23)28(35)18-22-9-5-4-6-10-22/h4-12,17,19-20,28H,13-16,18H2,1-3H3,(H2,32,33,34,36). The van der Waals surface area contributed by atoms with E-state index < -0.39 is 0 Å². The van der Waals surface area contributed by atoms with Gasteiger partial charge in [-0.15, -0.1) is 0 Å². The molecule has 7 nitrogen and oxygen atoms in total. The Morgan fingerprint density at radius 3 is 2.53 bits per heavy atom. The van der Waals surface area contributed by atoms with E-state index in [9.17, 15) is 4.79 Å². The van der Waals surface area contributed by atoms with Crippen LogP contribution in [-0.4, -0.2) is 49.8 Å². The van der Waals surface area contributed by atoms with Crippen molar-refractivity contribution in [2.45, 2.75) is 25.8 Å². The maximum absolute atomic E-state index is 12.8. The molecule has 2 amide bonds. The van der Waals surface area contributed by atoms with Gasteiger partial charge in [0.15, 0.2) is 11.5 Å². The van der Waals surface area contributed by atoms with Gasteiger partial charge in [-0.1, -0.05) is 48.5 Å². The minimum Gasteiger partial charge on any atom is -0.493 e. The summed E-state index contributed by atoms with van der Waals surface area (Å²) < 4.78 is 11.2. The molecule has 4 aromatic rings. The molecule has 1 unspecified atom stereocenters. The molecular formula is C31H34N4O3. The number of hydrogen-bond donors (Lipinski definition) is 2. The van der Waals surface area contributed by atoms with Gasteiger partial charge in [-0.2, -0.15) is 0 Å². The van der Waals surface area contributed by atoms with E-state index in [1.54, 1.807) is 14.2 Å². The number of hydrogen-bond acceptors (Lipinski definition) is 5. The van der Waals surface area contributed by atoms with Crippen molar-refractivity contribution in [3.8, 4) is 11.5 Å². The summed E-state index contributed by atoms with van der Waals surface area (Å²) in [6, 6.07) is 24.4. The summed E-state index contributed by atoms with van der Waals surface area (Å²) in [5.41, 5.74) is 6.30. The molecule has 0 bridgehead atoms. The van der Waals surface area contributed by atoms with E-state index in [4.69, 9.17) is 9.47 Å². The number of aryl methyl sites for hydroxylation is 1. The molecule has 0 aliphatic carbocycles. The summed E-state index contributed by atoms with van der Waals surface area (Å²) in [5.74, 6) is 1.50. The molecule has 196 valence electrons. The Hall–Kier alpha value is -4.10. The molecule has 7 heteroatoms. The van der Waals surface area contributed by atoms with Gasteiger partial charge >= 0.3 is 6.03 Å². The lowest BCUT2D eigenvalue weighted by molar-refractivity contribution is 0.183. The third-order valence-corrected chi connectivity index (χ3v) is 7.16. The summed E-state index contributed by atoms with van der Waals surface area (Å²) in [6.07, 6.45) is 1.78. The van der Waals surface area contributed by atoms with E-state index in [0.29, 0.717) is 6.54 Å². The van der Waals surface area contributed by atoms with Crippen molar-refractivity contribution in [1.29, 1.82) is 0 Å². The number of ether oxygens (including phenoxy) is 2. The number of nitrogens with zero attached hydrogens (tertiary/aromatic N) is 2. The van der Waals surface area contributed by atoms with Gasteiger partial charge in [-0.3, -0.25) is 9.88 Å². The van der Waals surface area contributed by atoms with Gasteiger partial charge in [0, 0.05) is 36.8 Å². The number of anilines is 1. The highest BCUT2D eigenvalue weighted by Crippen LogP contribution is 2.39. The molecule has 0 saturated heterocycles. The predicted molar refractivity (Wildman–Crippen MR) is 151 cm³/mol. The first kappa shape index (κ1) is 25.5. The maximum atomic E-state index is 12.8. The first-order chi connectivity index (χ1) is 18.6. The second kappa shape index (κ2) is 11.5. The highest BCUT2D eigenvalue weighted by Gasteiger charge is 2.29. The summed E-state index contributed by atoms with van der Waals surface area (Å²) in [4.78, 5) is 19.9.